The lowest BCUT2D eigenvalue weighted by Crippen LogP contribution is -2.54. The highest BCUT2D eigenvalue weighted by atomic mass is 16.2. The van der Waals surface area contributed by atoms with Gasteiger partial charge in [0.15, 0.2) is 0 Å². The van der Waals surface area contributed by atoms with E-state index < -0.39 is 0 Å². The lowest BCUT2D eigenvalue weighted by atomic mass is 9.75. The van der Waals surface area contributed by atoms with Crippen molar-refractivity contribution in [1.29, 1.82) is 5.26 Å². The molecule has 2 fully saturated rings. The molecule has 24 heavy (non-hydrogen) atoms. The second-order valence-corrected chi connectivity index (χ2v) is 7.11. The van der Waals surface area contributed by atoms with Gasteiger partial charge in [-0.3, -0.25) is 0 Å². The Morgan fingerprint density at radius 1 is 1.04 bits per heavy atom. The molecule has 0 spiro atoms. The van der Waals surface area contributed by atoms with Crippen molar-refractivity contribution in [1.82, 2.24) is 14.7 Å². The number of piperazine rings is 1. The smallest absolute Gasteiger partial charge is 0.320 e. The quantitative estimate of drug-likeness (QED) is 0.837. The van der Waals surface area contributed by atoms with Gasteiger partial charge in [-0.1, -0.05) is 30.3 Å². The Balaban J connectivity index is 1.58. The summed E-state index contributed by atoms with van der Waals surface area (Å²) >= 11 is 0. The van der Waals surface area contributed by atoms with Crippen molar-refractivity contribution in [2.45, 2.75) is 19.3 Å². The number of urea groups is 1. The summed E-state index contributed by atoms with van der Waals surface area (Å²) in [5.74, 6) is 0. The number of benzene rings is 1. The zero-order valence-corrected chi connectivity index (χ0v) is 14.4. The second-order valence-electron chi connectivity index (χ2n) is 7.11. The molecule has 1 aromatic rings. The molecule has 2 aliphatic heterocycles. The van der Waals surface area contributed by atoms with Gasteiger partial charge in [0.05, 0.1) is 11.5 Å². The maximum Gasteiger partial charge on any atom is 0.320 e. The first kappa shape index (κ1) is 16.8. The molecule has 0 aromatic heterocycles. The number of hydrogen-bond donors (Lipinski definition) is 0. The van der Waals surface area contributed by atoms with E-state index in [4.69, 9.17) is 0 Å². The number of carbonyl (C=O) groups is 1. The van der Waals surface area contributed by atoms with Crippen LogP contribution in [-0.2, 0) is 6.42 Å². The van der Waals surface area contributed by atoms with Crippen LogP contribution in [0.15, 0.2) is 30.3 Å². The van der Waals surface area contributed by atoms with Crippen LogP contribution in [0, 0.1) is 16.7 Å². The van der Waals surface area contributed by atoms with Gasteiger partial charge in [-0.2, -0.15) is 5.26 Å². The molecule has 1 aromatic carbocycles. The molecule has 2 amide bonds. The van der Waals surface area contributed by atoms with Crippen LogP contribution < -0.4 is 0 Å². The summed E-state index contributed by atoms with van der Waals surface area (Å²) in [5.41, 5.74) is 0.873. The van der Waals surface area contributed by atoms with Crippen molar-refractivity contribution in [3.05, 3.63) is 35.9 Å². The molecule has 2 saturated heterocycles. The lowest BCUT2D eigenvalue weighted by Gasteiger charge is -2.41. The highest BCUT2D eigenvalue weighted by molar-refractivity contribution is 5.74. The van der Waals surface area contributed by atoms with Crippen molar-refractivity contribution in [3.63, 3.8) is 0 Å². The molecule has 0 saturated carbocycles. The third kappa shape index (κ3) is 3.70. The first-order valence-corrected chi connectivity index (χ1v) is 8.79. The second kappa shape index (κ2) is 7.23. The first-order chi connectivity index (χ1) is 11.6. The van der Waals surface area contributed by atoms with Crippen LogP contribution in [0.5, 0.6) is 0 Å². The minimum Gasteiger partial charge on any atom is -0.325 e. The van der Waals surface area contributed by atoms with Gasteiger partial charge >= 0.3 is 6.03 Å². The van der Waals surface area contributed by atoms with E-state index in [-0.39, 0.29) is 11.4 Å². The monoisotopic (exact) mass is 326 g/mol. The molecule has 0 atom stereocenters. The fraction of sp³-hybridized carbons (Fsp3) is 0.579. The Hall–Kier alpha value is -2.06. The van der Waals surface area contributed by atoms with E-state index in [0.717, 1.165) is 45.4 Å². The third-order valence-electron chi connectivity index (χ3n) is 5.39. The van der Waals surface area contributed by atoms with Crippen molar-refractivity contribution in [2.24, 2.45) is 5.41 Å². The predicted molar refractivity (Wildman–Crippen MR) is 93.5 cm³/mol. The number of piperidine rings is 1. The summed E-state index contributed by atoms with van der Waals surface area (Å²) in [6, 6.07) is 12.9. The summed E-state index contributed by atoms with van der Waals surface area (Å²) in [6.07, 6.45) is 2.30. The van der Waals surface area contributed by atoms with Crippen LogP contribution in [0.1, 0.15) is 18.4 Å². The van der Waals surface area contributed by atoms with Crippen molar-refractivity contribution in [3.8, 4) is 6.07 Å². The van der Waals surface area contributed by atoms with Gasteiger partial charge in [0.25, 0.3) is 0 Å². The summed E-state index contributed by atoms with van der Waals surface area (Å²) in [7, 11) is 2.09. The van der Waals surface area contributed by atoms with Gasteiger partial charge < -0.3 is 14.7 Å². The summed E-state index contributed by atoms with van der Waals surface area (Å²) in [6.45, 7) is 4.86. The number of likely N-dealkylation sites (N-methyl/N-ethyl adjacent to an activating group) is 1. The van der Waals surface area contributed by atoms with Crippen molar-refractivity contribution < 1.29 is 4.79 Å². The Bertz CT molecular complexity index is 594. The van der Waals surface area contributed by atoms with E-state index in [0.29, 0.717) is 13.1 Å². The van der Waals surface area contributed by atoms with E-state index in [9.17, 15) is 10.1 Å². The fourth-order valence-electron chi connectivity index (χ4n) is 3.64. The standard InChI is InChI=1S/C19H26N4O/c1-21-11-13-23(14-12-21)18(24)22-9-7-19(16-20,8-10-22)15-17-5-3-2-4-6-17/h2-6H,7-15H2,1H3. The number of hydrogen-bond acceptors (Lipinski definition) is 3. The minimum atomic E-state index is -0.333. The zero-order valence-electron chi connectivity index (χ0n) is 14.4. The van der Waals surface area contributed by atoms with Gasteiger partial charge in [-0.05, 0) is 31.9 Å². The molecule has 0 radical (unpaired) electrons. The molecule has 0 unspecified atom stereocenters. The molecule has 3 rings (SSSR count). The van der Waals surface area contributed by atoms with Gasteiger partial charge in [-0.25, -0.2) is 4.79 Å². The van der Waals surface area contributed by atoms with Crippen LogP contribution in [-0.4, -0.2) is 67.0 Å². The lowest BCUT2D eigenvalue weighted by molar-refractivity contribution is 0.0987. The van der Waals surface area contributed by atoms with E-state index in [1.165, 1.54) is 5.56 Å². The van der Waals surface area contributed by atoms with Crippen LogP contribution in [0.4, 0.5) is 4.79 Å². The first-order valence-electron chi connectivity index (χ1n) is 8.79. The molecule has 0 N–H and O–H groups in total. The minimum absolute atomic E-state index is 0.148. The number of likely N-dealkylation sites (tertiary alicyclic amines) is 1. The summed E-state index contributed by atoms with van der Waals surface area (Å²) < 4.78 is 0. The van der Waals surface area contributed by atoms with Gasteiger partial charge in [0.2, 0.25) is 0 Å². The number of nitrogens with zero attached hydrogens (tertiary/aromatic N) is 4. The van der Waals surface area contributed by atoms with E-state index in [2.05, 4.69) is 30.1 Å². The molecule has 2 aliphatic rings. The van der Waals surface area contributed by atoms with E-state index in [1.54, 1.807) is 0 Å². The van der Waals surface area contributed by atoms with Gasteiger partial charge in [0, 0.05) is 39.3 Å². The Morgan fingerprint density at radius 3 is 2.21 bits per heavy atom. The van der Waals surface area contributed by atoms with Crippen molar-refractivity contribution >= 4 is 6.03 Å². The largest absolute Gasteiger partial charge is 0.325 e. The number of rotatable bonds is 2. The zero-order chi connectivity index (χ0) is 17.0. The predicted octanol–water partition coefficient (Wildman–Crippen LogP) is 2.20. The van der Waals surface area contributed by atoms with E-state index in [1.807, 2.05) is 28.0 Å². The Labute approximate surface area is 144 Å². The van der Waals surface area contributed by atoms with Crippen LogP contribution in [0.25, 0.3) is 0 Å². The molecule has 128 valence electrons. The summed E-state index contributed by atoms with van der Waals surface area (Å²) in [4.78, 5) is 18.8. The summed E-state index contributed by atoms with van der Waals surface area (Å²) in [5, 5.41) is 9.74. The topological polar surface area (TPSA) is 50.6 Å². The Kier molecular flexibility index (Phi) is 5.06. The molecule has 5 nitrogen and oxygen atoms in total. The molecule has 5 heteroatoms. The third-order valence-corrected chi connectivity index (χ3v) is 5.39. The fourth-order valence-corrected chi connectivity index (χ4v) is 3.64. The maximum atomic E-state index is 12.7. The SMILES string of the molecule is CN1CCN(C(=O)N2CCC(C#N)(Cc3ccccc3)CC2)CC1. The highest BCUT2D eigenvalue weighted by Crippen LogP contribution is 2.34. The average molecular weight is 326 g/mol. The number of nitriles is 1. The molecule has 0 bridgehead atoms. The maximum absolute atomic E-state index is 12.7. The Morgan fingerprint density at radius 2 is 1.62 bits per heavy atom. The normalized spacial score (nSPS) is 21.3. The highest BCUT2D eigenvalue weighted by Gasteiger charge is 2.37. The molecular formula is C19H26N4O. The number of amides is 2. The van der Waals surface area contributed by atoms with Crippen LogP contribution in [0.2, 0.25) is 0 Å². The van der Waals surface area contributed by atoms with Crippen LogP contribution in [0.3, 0.4) is 0 Å². The van der Waals surface area contributed by atoms with Gasteiger partial charge in [0.1, 0.15) is 0 Å². The van der Waals surface area contributed by atoms with Gasteiger partial charge in [-0.15, -0.1) is 0 Å². The number of carbonyl (C=O) groups excluding carboxylic acids is 1. The molecular weight excluding hydrogens is 300 g/mol. The van der Waals surface area contributed by atoms with Crippen LogP contribution >= 0.6 is 0 Å². The average Bonchev–Trinajstić information content (AvgIpc) is 2.63. The molecule has 0 aliphatic carbocycles. The van der Waals surface area contributed by atoms with E-state index >= 15 is 0 Å². The van der Waals surface area contributed by atoms with Crippen molar-refractivity contribution in [2.75, 3.05) is 46.3 Å². The molecule has 2 heterocycles.